The number of carboxylic acid groups (broad SMARTS) is 1. The van der Waals surface area contributed by atoms with E-state index in [0.29, 0.717) is 12.8 Å². The van der Waals surface area contributed by atoms with Crippen LogP contribution in [0, 0.1) is 23.5 Å². The van der Waals surface area contributed by atoms with E-state index in [2.05, 4.69) is 10.6 Å². The number of carbonyl (C=O) groups excluding carboxylic acids is 3. The molecule has 0 spiro atoms. The molecule has 3 aromatic rings. The standard InChI is InChI=1S/C30H29F2N3O5/c31-23-9-1-19(2-10-23)13-15-33-27(36)25-17-35(29(38)21-5-7-22(8-6-21)30(39)40)18-26(25)28(37)34-16-14-20-3-11-24(32)12-4-20/h1-12,25-26H,13-18H2,(H,33,36)(H,34,37)(H,39,40)/t25-,26-/m1/s1. The number of hydrogen-bond donors (Lipinski definition) is 3. The minimum atomic E-state index is -1.12. The minimum Gasteiger partial charge on any atom is -0.478 e. The van der Waals surface area contributed by atoms with Crippen molar-refractivity contribution in [1.82, 2.24) is 15.5 Å². The molecule has 1 aliphatic rings. The molecule has 1 aliphatic heterocycles. The van der Waals surface area contributed by atoms with Crippen LogP contribution in [-0.2, 0) is 22.4 Å². The number of rotatable bonds is 10. The zero-order valence-corrected chi connectivity index (χ0v) is 21.6. The van der Waals surface area contributed by atoms with Crippen LogP contribution in [0.15, 0.2) is 72.8 Å². The Labute approximate surface area is 230 Å². The first-order chi connectivity index (χ1) is 19.2. The molecule has 208 valence electrons. The molecular formula is C30H29F2N3O5. The second kappa shape index (κ2) is 13.0. The average Bonchev–Trinajstić information content (AvgIpc) is 3.41. The third-order valence-electron chi connectivity index (χ3n) is 6.91. The van der Waals surface area contributed by atoms with E-state index in [1.165, 1.54) is 53.4 Å². The number of aromatic carboxylic acids is 1. The molecule has 1 heterocycles. The van der Waals surface area contributed by atoms with Crippen LogP contribution in [0.25, 0.3) is 0 Å². The summed E-state index contributed by atoms with van der Waals surface area (Å²) in [4.78, 5) is 52.1. The summed E-state index contributed by atoms with van der Waals surface area (Å²) in [6, 6.07) is 17.3. The van der Waals surface area contributed by atoms with Crippen LogP contribution in [0.3, 0.4) is 0 Å². The van der Waals surface area contributed by atoms with E-state index in [1.54, 1.807) is 24.3 Å². The highest BCUT2D eigenvalue weighted by molar-refractivity contribution is 5.98. The Morgan fingerprint density at radius 1 is 0.675 bits per heavy atom. The number of likely N-dealkylation sites (tertiary alicyclic amines) is 1. The fraction of sp³-hybridized carbons (Fsp3) is 0.267. The molecule has 1 saturated heterocycles. The lowest BCUT2D eigenvalue weighted by Crippen LogP contribution is -2.42. The first kappa shape index (κ1) is 28.4. The summed E-state index contributed by atoms with van der Waals surface area (Å²) in [7, 11) is 0. The van der Waals surface area contributed by atoms with Crippen molar-refractivity contribution in [2.75, 3.05) is 26.2 Å². The molecule has 4 rings (SSSR count). The second-order valence-corrected chi connectivity index (χ2v) is 9.64. The van der Waals surface area contributed by atoms with Crippen LogP contribution in [-0.4, -0.2) is 59.9 Å². The quantitative estimate of drug-likeness (QED) is 0.360. The van der Waals surface area contributed by atoms with Gasteiger partial charge in [-0.25, -0.2) is 13.6 Å². The molecule has 0 bridgehead atoms. The molecule has 0 aliphatic carbocycles. The van der Waals surface area contributed by atoms with Gasteiger partial charge in [-0.05, 0) is 72.5 Å². The molecule has 8 nitrogen and oxygen atoms in total. The van der Waals surface area contributed by atoms with Crippen molar-refractivity contribution >= 4 is 23.7 Å². The van der Waals surface area contributed by atoms with Gasteiger partial charge in [0.1, 0.15) is 11.6 Å². The Bertz CT molecular complexity index is 1290. The van der Waals surface area contributed by atoms with Crippen molar-refractivity contribution in [2.45, 2.75) is 12.8 Å². The smallest absolute Gasteiger partial charge is 0.335 e. The normalized spacial score (nSPS) is 16.4. The first-order valence-electron chi connectivity index (χ1n) is 12.9. The van der Waals surface area contributed by atoms with E-state index in [4.69, 9.17) is 5.11 Å². The maximum atomic E-state index is 13.2. The van der Waals surface area contributed by atoms with Crippen LogP contribution in [0.2, 0.25) is 0 Å². The van der Waals surface area contributed by atoms with Gasteiger partial charge < -0.3 is 20.6 Å². The van der Waals surface area contributed by atoms with Gasteiger partial charge in [0.25, 0.3) is 5.91 Å². The third kappa shape index (κ3) is 7.28. The van der Waals surface area contributed by atoms with E-state index in [-0.39, 0.29) is 60.8 Å². The van der Waals surface area contributed by atoms with Gasteiger partial charge in [0, 0.05) is 31.7 Å². The summed E-state index contributed by atoms with van der Waals surface area (Å²) in [5, 5.41) is 14.8. The fourth-order valence-corrected chi connectivity index (χ4v) is 4.66. The number of halogens is 2. The summed E-state index contributed by atoms with van der Waals surface area (Å²) >= 11 is 0. The van der Waals surface area contributed by atoms with Crippen LogP contribution in [0.1, 0.15) is 31.8 Å². The van der Waals surface area contributed by atoms with Crippen LogP contribution < -0.4 is 10.6 Å². The van der Waals surface area contributed by atoms with E-state index in [0.717, 1.165) is 11.1 Å². The Morgan fingerprint density at radius 3 is 1.48 bits per heavy atom. The number of benzene rings is 3. The van der Waals surface area contributed by atoms with Crippen molar-refractivity contribution in [3.05, 3.63) is 107 Å². The summed E-state index contributed by atoms with van der Waals surface area (Å²) in [6.45, 7) is 0.560. The van der Waals surface area contributed by atoms with Gasteiger partial charge in [-0.15, -0.1) is 0 Å². The largest absolute Gasteiger partial charge is 0.478 e. The Morgan fingerprint density at radius 2 is 1.07 bits per heavy atom. The van der Waals surface area contributed by atoms with Gasteiger partial charge in [0.2, 0.25) is 11.8 Å². The zero-order chi connectivity index (χ0) is 28.6. The molecule has 10 heteroatoms. The molecule has 1 fully saturated rings. The summed E-state index contributed by atoms with van der Waals surface area (Å²) in [6.07, 6.45) is 0.928. The highest BCUT2D eigenvalue weighted by Crippen LogP contribution is 2.26. The summed E-state index contributed by atoms with van der Waals surface area (Å²) in [5.74, 6) is -4.60. The maximum absolute atomic E-state index is 13.2. The van der Waals surface area contributed by atoms with Crippen LogP contribution in [0.4, 0.5) is 8.78 Å². The van der Waals surface area contributed by atoms with Gasteiger partial charge in [-0.1, -0.05) is 24.3 Å². The lowest BCUT2D eigenvalue weighted by Gasteiger charge is -2.17. The first-order valence-corrected chi connectivity index (χ1v) is 12.9. The number of carbonyl (C=O) groups is 4. The molecule has 2 atom stereocenters. The van der Waals surface area contributed by atoms with E-state index >= 15 is 0 Å². The Hall–Kier alpha value is -4.60. The molecule has 0 unspecified atom stereocenters. The molecular weight excluding hydrogens is 520 g/mol. The number of amides is 3. The highest BCUT2D eigenvalue weighted by atomic mass is 19.1. The summed E-state index contributed by atoms with van der Waals surface area (Å²) in [5.41, 5.74) is 1.96. The Kier molecular flexibility index (Phi) is 9.21. The topological polar surface area (TPSA) is 116 Å². The molecule has 0 aromatic heterocycles. The molecule has 3 amide bonds. The lowest BCUT2D eigenvalue weighted by molar-refractivity contribution is -0.132. The fourth-order valence-electron chi connectivity index (χ4n) is 4.66. The summed E-state index contributed by atoms with van der Waals surface area (Å²) < 4.78 is 26.3. The molecule has 0 radical (unpaired) electrons. The SMILES string of the molecule is O=C(O)c1ccc(C(=O)N2C[C@@H](C(=O)NCCc3ccc(F)cc3)[C@H](C(=O)NCCc3ccc(F)cc3)C2)cc1. The molecule has 40 heavy (non-hydrogen) atoms. The number of nitrogens with one attached hydrogen (secondary N) is 2. The predicted octanol–water partition coefficient (Wildman–Crippen LogP) is 3.07. The minimum absolute atomic E-state index is 0.0119. The van der Waals surface area contributed by atoms with E-state index in [1.807, 2.05) is 0 Å². The van der Waals surface area contributed by atoms with Crippen molar-refractivity contribution in [1.29, 1.82) is 0 Å². The van der Waals surface area contributed by atoms with Crippen molar-refractivity contribution in [3.8, 4) is 0 Å². The van der Waals surface area contributed by atoms with Gasteiger partial charge in [-0.3, -0.25) is 14.4 Å². The number of hydrogen-bond acceptors (Lipinski definition) is 4. The lowest BCUT2D eigenvalue weighted by atomic mass is 9.94. The van der Waals surface area contributed by atoms with Crippen molar-refractivity contribution in [3.63, 3.8) is 0 Å². The van der Waals surface area contributed by atoms with Gasteiger partial charge in [0.15, 0.2) is 0 Å². The maximum Gasteiger partial charge on any atom is 0.335 e. The van der Waals surface area contributed by atoms with Crippen LogP contribution >= 0.6 is 0 Å². The zero-order valence-electron chi connectivity index (χ0n) is 21.6. The average molecular weight is 550 g/mol. The molecule has 0 saturated carbocycles. The Balaban J connectivity index is 1.41. The van der Waals surface area contributed by atoms with Gasteiger partial charge in [-0.2, -0.15) is 0 Å². The van der Waals surface area contributed by atoms with E-state index < -0.39 is 23.7 Å². The highest BCUT2D eigenvalue weighted by Gasteiger charge is 2.43. The van der Waals surface area contributed by atoms with Crippen molar-refractivity contribution < 1.29 is 33.1 Å². The third-order valence-corrected chi connectivity index (χ3v) is 6.91. The molecule has 3 N–H and O–H groups in total. The van der Waals surface area contributed by atoms with Gasteiger partial charge >= 0.3 is 5.97 Å². The monoisotopic (exact) mass is 549 g/mol. The van der Waals surface area contributed by atoms with Gasteiger partial charge in [0.05, 0.1) is 17.4 Å². The van der Waals surface area contributed by atoms with E-state index in [9.17, 15) is 28.0 Å². The van der Waals surface area contributed by atoms with Crippen LogP contribution in [0.5, 0.6) is 0 Å². The second-order valence-electron chi connectivity index (χ2n) is 9.64. The number of carboxylic acids is 1. The molecule has 3 aromatic carbocycles. The number of nitrogens with zero attached hydrogens (tertiary/aromatic N) is 1. The van der Waals surface area contributed by atoms with Crippen molar-refractivity contribution in [2.24, 2.45) is 11.8 Å². The predicted molar refractivity (Wildman–Crippen MR) is 143 cm³/mol.